The highest BCUT2D eigenvalue weighted by atomic mass is 127. The Kier molecular flexibility index (Phi) is 8.11. The zero-order valence-corrected chi connectivity index (χ0v) is 21.2. The molecular formula is C20H16ClI2NO4S. The smallest absolute Gasteiger partial charge is 0.293 e. The second-order valence-electron chi connectivity index (χ2n) is 5.88. The van der Waals surface area contributed by atoms with Crippen molar-refractivity contribution in [1.29, 1.82) is 0 Å². The molecule has 1 fully saturated rings. The van der Waals surface area contributed by atoms with E-state index in [4.69, 9.17) is 21.1 Å². The van der Waals surface area contributed by atoms with Crippen LogP contribution in [0.4, 0.5) is 4.79 Å². The predicted molar refractivity (Wildman–Crippen MR) is 133 cm³/mol. The molecule has 0 aliphatic carbocycles. The lowest BCUT2D eigenvalue weighted by Gasteiger charge is -2.13. The van der Waals surface area contributed by atoms with Gasteiger partial charge in [-0.15, -0.1) is 0 Å². The van der Waals surface area contributed by atoms with E-state index in [1.165, 1.54) is 4.90 Å². The second kappa shape index (κ2) is 10.4. The van der Waals surface area contributed by atoms with Crippen molar-refractivity contribution in [2.75, 3.05) is 19.8 Å². The molecule has 29 heavy (non-hydrogen) atoms. The van der Waals surface area contributed by atoms with Crippen molar-refractivity contribution < 1.29 is 19.1 Å². The van der Waals surface area contributed by atoms with E-state index in [1.807, 2.05) is 19.1 Å². The molecule has 9 heteroatoms. The molecule has 0 aromatic heterocycles. The lowest BCUT2D eigenvalue weighted by atomic mass is 10.2. The van der Waals surface area contributed by atoms with Crippen molar-refractivity contribution in [1.82, 2.24) is 4.90 Å². The topological polar surface area (TPSA) is 55.8 Å². The van der Waals surface area contributed by atoms with Crippen molar-refractivity contribution in [3.05, 3.63) is 59.0 Å². The number of amides is 2. The molecule has 0 bridgehead atoms. The van der Waals surface area contributed by atoms with E-state index in [0.717, 1.165) is 30.2 Å². The van der Waals surface area contributed by atoms with Crippen LogP contribution in [0.3, 0.4) is 0 Å². The Morgan fingerprint density at radius 2 is 1.76 bits per heavy atom. The first-order valence-corrected chi connectivity index (χ1v) is 12.0. The number of benzene rings is 2. The van der Waals surface area contributed by atoms with E-state index in [-0.39, 0.29) is 24.3 Å². The van der Waals surface area contributed by atoms with Crippen molar-refractivity contribution in [3.8, 4) is 11.5 Å². The van der Waals surface area contributed by atoms with Crippen molar-refractivity contribution in [2.24, 2.45) is 0 Å². The molecule has 2 aromatic rings. The van der Waals surface area contributed by atoms with Gasteiger partial charge in [-0.25, -0.2) is 0 Å². The summed E-state index contributed by atoms with van der Waals surface area (Å²) in [6.45, 7) is 2.92. The summed E-state index contributed by atoms with van der Waals surface area (Å²) in [5.74, 6) is 1.16. The molecule has 2 amide bonds. The van der Waals surface area contributed by atoms with Crippen LogP contribution in [0.2, 0.25) is 5.02 Å². The van der Waals surface area contributed by atoms with E-state index < -0.39 is 0 Å². The minimum Gasteiger partial charge on any atom is -0.492 e. The summed E-state index contributed by atoms with van der Waals surface area (Å²) in [5.41, 5.74) is 0.852. The number of carbonyl (C=O) groups is 2. The summed E-state index contributed by atoms with van der Waals surface area (Å²) in [4.78, 5) is 26.5. The zero-order chi connectivity index (χ0) is 21.0. The molecule has 0 radical (unpaired) electrons. The van der Waals surface area contributed by atoms with Crippen molar-refractivity contribution in [2.45, 2.75) is 6.92 Å². The molecule has 0 atom stereocenters. The summed E-state index contributed by atoms with van der Waals surface area (Å²) in [6.07, 6.45) is 1.74. The van der Waals surface area contributed by atoms with Gasteiger partial charge in [-0.05, 0) is 112 Å². The first kappa shape index (κ1) is 22.7. The molecule has 152 valence electrons. The van der Waals surface area contributed by atoms with E-state index in [1.54, 1.807) is 30.3 Å². The molecule has 2 aromatic carbocycles. The Bertz CT molecular complexity index is 942. The van der Waals surface area contributed by atoms with Crippen LogP contribution in [-0.4, -0.2) is 35.8 Å². The Balaban J connectivity index is 1.67. The number of carbonyl (C=O) groups excluding carboxylic acids is 2. The predicted octanol–water partition coefficient (Wildman–Crippen LogP) is 6.06. The van der Waals surface area contributed by atoms with Gasteiger partial charge in [-0.2, -0.15) is 0 Å². The van der Waals surface area contributed by atoms with Gasteiger partial charge in [-0.3, -0.25) is 14.5 Å². The minimum absolute atomic E-state index is 0.184. The van der Waals surface area contributed by atoms with E-state index in [2.05, 4.69) is 45.2 Å². The fraction of sp³-hybridized carbons (Fsp3) is 0.200. The zero-order valence-electron chi connectivity index (χ0n) is 15.3. The average molecular weight is 656 g/mol. The number of halogens is 3. The molecule has 1 saturated heterocycles. The van der Waals surface area contributed by atoms with Crippen LogP contribution >= 0.6 is 68.5 Å². The Labute approximate surface area is 205 Å². The minimum atomic E-state index is -0.307. The third kappa shape index (κ3) is 5.80. The van der Waals surface area contributed by atoms with Gasteiger partial charge in [0.2, 0.25) is 0 Å². The van der Waals surface area contributed by atoms with Crippen LogP contribution in [-0.2, 0) is 4.79 Å². The summed E-state index contributed by atoms with van der Waals surface area (Å²) in [5, 5.41) is 0.323. The maximum absolute atomic E-state index is 12.7. The highest BCUT2D eigenvalue weighted by molar-refractivity contribution is 14.1. The Morgan fingerprint density at radius 3 is 2.38 bits per heavy atom. The molecule has 0 unspecified atom stereocenters. The molecule has 0 spiro atoms. The SMILES string of the molecule is CCOc1c(I)cc(/C=C2\SC(=O)N(CCOc3ccc(Cl)cc3)C2=O)cc1I. The van der Waals surface area contributed by atoms with Gasteiger partial charge < -0.3 is 9.47 Å². The highest BCUT2D eigenvalue weighted by Crippen LogP contribution is 2.34. The van der Waals surface area contributed by atoms with Gasteiger partial charge in [0, 0.05) is 5.02 Å². The summed E-state index contributed by atoms with van der Waals surface area (Å²) >= 11 is 11.2. The standard InChI is InChI=1S/C20H16ClI2NO4S/c1-2-27-18-15(22)9-12(10-16(18)23)11-17-19(25)24(20(26)29-17)7-8-28-14-5-3-13(21)4-6-14/h3-6,9-11H,2,7-8H2,1H3/b17-11-. The summed E-state index contributed by atoms with van der Waals surface area (Å²) in [7, 11) is 0. The van der Waals surface area contributed by atoms with Gasteiger partial charge in [-0.1, -0.05) is 11.6 Å². The first-order chi connectivity index (χ1) is 13.9. The van der Waals surface area contributed by atoms with E-state index >= 15 is 0 Å². The fourth-order valence-corrected chi connectivity index (χ4v) is 5.69. The van der Waals surface area contributed by atoms with Crippen molar-refractivity contribution in [3.63, 3.8) is 0 Å². The Hall–Kier alpha value is -0.980. The second-order valence-corrected chi connectivity index (χ2v) is 9.64. The van der Waals surface area contributed by atoms with Crippen molar-refractivity contribution >= 4 is 85.8 Å². The largest absolute Gasteiger partial charge is 0.492 e. The van der Waals surface area contributed by atoms with Crippen LogP contribution in [0.25, 0.3) is 6.08 Å². The lowest BCUT2D eigenvalue weighted by molar-refractivity contribution is -0.123. The molecule has 5 nitrogen and oxygen atoms in total. The fourth-order valence-electron chi connectivity index (χ4n) is 2.57. The van der Waals surface area contributed by atoms with Crippen LogP contribution in [0.5, 0.6) is 11.5 Å². The van der Waals surface area contributed by atoms with Crippen LogP contribution in [0, 0.1) is 7.14 Å². The van der Waals surface area contributed by atoms with Crippen LogP contribution in [0.1, 0.15) is 12.5 Å². The number of ether oxygens (including phenoxy) is 2. The number of thioether (sulfide) groups is 1. The number of imide groups is 1. The highest BCUT2D eigenvalue weighted by Gasteiger charge is 2.34. The van der Waals surface area contributed by atoms with Gasteiger partial charge in [0.05, 0.1) is 25.2 Å². The normalized spacial score (nSPS) is 15.3. The number of nitrogens with zero attached hydrogens (tertiary/aromatic N) is 1. The molecule has 1 heterocycles. The maximum atomic E-state index is 12.7. The number of hydrogen-bond acceptors (Lipinski definition) is 5. The van der Waals surface area contributed by atoms with Gasteiger partial charge in [0.1, 0.15) is 18.1 Å². The maximum Gasteiger partial charge on any atom is 0.293 e. The van der Waals surface area contributed by atoms with Gasteiger partial charge >= 0.3 is 0 Å². The van der Waals surface area contributed by atoms with Gasteiger partial charge in [0.15, 0.2) is 0 Å². The quantitative estimate of drug-likeness (QED) is 0.268. The van der Waals surface area contributed by atoms with Crippen LogP contribution in [0.15, 0.2) is 41.3 Å². The average Bonchev–Trinajstić information content (AvgIpc) is 2.93. The molecule has 1 aliphatic heterocycles. The molecule has 0 N–H and O–H groups in total. The van der Waals surface area contributed by atoms with E-state index in [9.17, 15) is 9.59 Å². The van der Waals surface area contributed by atoms with E-state index in [0.29, 0.717) is 22.3 Å². The lowest BCUT2D eigenvalue weighted by Crippen LogP contribution is -2.32. The summed E-state index contributed by atoms with van der Waals surface area (Å²) in [6, 6.07) is 10.8. The molecule has 0 saturated carbocycles. The Morgan fingerprint density at radius 1 is 1.10 bits per heavy atom. The summed E-state index contributed by atoms with van der Waals surface area (Å²) < 4.78 is 13.1. The van der Waals surface area contributed by atoms with Crippen LogP contribution < -0.4 is 9.47 Å². The third-order valence-electron chi connectivity index (χ3n) is 3.88. The molecule has 3 rings (SSSR count). The van der Waals surface area contributed by atoms with Gasteiger partial charge in [0.25, 0.3) is 11.1 Å². The monoisotopic (exact) mass is 655 g/mol. The molecular weight excluding hydrogens is 640 g/mol. The third-order valence-corrected chi connectivity index (χ3v) is 6.64. The molecule has 1 aliphatic rings. The number of rotatable bonds is 7. The number of hydrogen-bond donors (Lipinski definition) is 0. The first-order valence-electron chi connectivity index (χ1n) is 8.64.